The Morgan fingerprint density at radius 2 is 1.70 bits per heavy atom. The lowest BCUT2D eigenvalue weighted by Crippen LogP contribution is -2.43. The van der Waals surface area contributed by atoms with Gasteiger partial charge in [-0.3, -0.25) is 14.2 Å². The Morgan fingerprint density at radius 3 is 2.39 bits per heavy atom. The van der Waals surface area contributed by atoms with E-state index in [1.165, 1.54) is 11.3 Å². The van der Waals surface area contributed by atoms with E-state index in [1.54, 1.807) is 23.7 Å². The van der Waals surface area contributed by atoms with Gasteiger partial charge in [0.2, 0.25) is 0 Å². The fraction of sp³-hybridized carbons (Fsp3) is 0.265. The molecule has 0 radical (unpaired) electrons. The molecule has 10 heteroatoms. The number of halogens is 1. The Morgan fingerprint density at radius 1 is 1.02 bits per heavy atom. The largest absolute Gasteiger partial charge is 0.496 e. The smallest absolute Gasteiger partial charge is 0.271 e. The summed E-state index contributed by atoms with van der Waals surface area (Å²) in [7, 11) is 3.19. The van der Waals surface area contributed by atoms with Gasteiger partial charge in [-0.2, -0.15) is 0 Å². The first-order chi connectivity index (χ1) is 21.3. The van der Waals surface area contributed by atoms with Crippen LogP contribution in [0.15, 0.2) is 87.8 Å². The van der Waals surface area contributed by atoms with E-state index in [9.17, 15) is 9.59 Å². The molecule has 228 valence electrons. The second kappa shape index (κ2) is 13.8. The molecule has 8 nitrogen and oxygen atoms in total. The molecular formula is C34H34IN3O5S. The molecule has 1 aliphatic heterocycles. The lowest BCUT2D eigenvalue weighted by molar-refractivity contribution is -0.127. The second-order valence-electron chi connectivity index (χ2n) is 10.1. The van der Waals surface area contributed by atoms with Crippen molar-refractivity contribution in [3.8, 4) is 17.2 Å². The first-order valence-electron chi connectivity index (χ1n) is 14.3. The van der Waals surface area contributed by atoms with Crippen molar-refractivity contribution >= 4 is 45.9 Å². The number of methoxy groups -OCH3 is 2. The van der Waals surface area contributed by atoms with Gasteiger partial charge in [-0.25, -0.2) is 4.99 Å². The molecule has 0 saturated heterocycles. The highest BCUT2D eigenvalue weighted by atomic mass is 127. The van der Waals surface area contributed by atoms with E-state index in [1.807, 2.05) is 93.6 Å². The molecule has 0 spiro atoms. The molecular weight excluding hydrogens is 689 g/mol. The third-order valence-electron chi connectivity index (χ3n) is 7.51. The van der Waals surface area contributed by atoms with E-state index >= 15 is 0 Å². The number of likely N-dealkylation sites (N-methyl/N-ethyl adjacent to an activating group) is 1. The summed E-state index contributed by atoms with van der Waals surface area (Å²) in [6, 6.07) is 20.6. The predicted molar refractivity (Wildman–Crippen MR) is 181 cm³/mol. The van der Waals surface area contributed by atoms with Gasteiger partial charge in [0.05, 0.1) is 33.6 Å². The number of carbonyl (C=O) groups excluding carboxylic acids is 1. The number of benzene rings is 3. The number of thiazole rings is 1. The van der Waals surface area contributed by atoms with Gasteiger partial charge in [0.25, 0.3) is 11.5 Å². The summed E-state index contributed by atoms with van der Waals surface area (Å²) in [5.41, 5.74) is 3.38. The van der Waals surface area contributed by atoms with Gasteiger partial charge in [0.15, 0.2) is 16.3 Å². The molecule has 1 amide bonds. The van der Waals surface area contributed by atoms with Crippen molar-refractivity contribution < 1.29 is 19.0 Å². The van der Waals surface area contributed by atoms with Crippen LogP contribution < -0.4 is 29.1 Å². The van der Waals surface area contributed by atoms with E-state index in [4.69, 9.17) is 19.2 Å². The third-order valence-corrected chi connectivity index (χ3v) is 9.30. The lowest BCUT2D eigenvalue weighted by atomic mass is 9.94. The number of carbonyl (C=O) groups is 1. The standard InChI is InChI=1S/C34H34IN3O5S/c1-6-37(7-2)33(40)29-21(3)36-34-38(30(29)24-15-11-12-16-26(24)41-4)32(39)28(44-34)19-23-17-25(35)31(27(18-23)42-5)43-20-22-13-9-8-10-14-22/h8-19,30H,6-7,20H2,1-5H3/b28-19+/t30-/m1/s1. The maximum atomic E-state index is 14.2. The summed E-state index contributed by atoms with van der Waals surface area (Å²) in [4.78, 5) is 35.1. The molecule has 0 unspecified atom stereocenters. The number of fused-ring (bicyclic) bond motifs is 1. The maximum Gasteiger partial charge on any atom is 0.271 e. The van der Waals surface area contributed by atoms with Crippen LogP contribution in [0.3, 0.4) is 0 Å². The van der Waals surface area contributed by atoms with Crippen molar-refractivity contribution in [1.82, 2.24) is 9.47 Å². The van der Waals surface area contributed by atoms with Crippen molar-refractivity contribution in [2.45, 2.75) is 33.4 Å². The summed E-state index contributed by atoms with van der Waals surface area (Å²) < 4.78 is 20.5. The van der Waals surface area contributed by atoms with Gasteiger partial charge in [-0.05, 0) is 78.8 Å². The Balaban J connectivity index is 1.62. The molecule has 0 fully saturated rings. The van der Waals surface area contributed by atoms with Gasteiger partial charge >= 0.3 is 0 Å². The minimum atomic E-state index is -0.693. The maximum absolute atomic E-state index is 14.2. The van der Waals surface area contributed by atoms with Crippen molar-refractivity contribution in [3.63, 3.8) is 0 Å². The number of para-hydroxylation sites is 1. The van der Waals surface area contributed by atoms with Crippen molar-refractivity contribution in [2.75, 3.05) is 27.3 Å². The normalized spacial score (nSPS) is 14.6. The Hall–Kier alpha value is -3.90. The highest BCUT2D eigenvalue weighted by Crippen LogP contribution is 2.37. The summed E-state index contributed by atoms with van der Waals surface area (Å²) in [6.45, 7) is 7.21. The third kappa shape index (κ3) is 6.18. The molecule has 0 bridgehead atoms. The van der Waals surface area contributed by atoms with Crippen LogP contribution in [0.2, 0.25) is 0 Å². The number of rotatable bonds is 10. The van der Waals surface area contributed by atoms with E-state index in [0.717, 1.165) is 20.3 Å². The van der Waals surface area contributed by atoms with Crippen LogP contribution in [0.1, 0.15) is 43.5 Å². The molecule has 1 aliphatic rings. The number of ether oxygens (including phenoxy) is 3. The van der Waals surface area contributed by atoms with Crippen LogP contribution >= 0.6 is 33.9 Å². The Bertz CT molecular complexity index is 1890. The molecule has 5 rings (SSSR count). The van der Waals surface area contributed by atoms with Gasteiger partial charge in [0.1, 0.15) is 18.4 Å². The highest BCUT2D eigenvalue weighted by molar-refractivity contribution is 14.1. The van der Waals surface area contributed by atoms with Gasteiger partial charge in [-0.1, -0.05) is 59.9 Å². The SMILES string of the molecule is CCN(CC)C(=O)C1=C(C)N=c2s/c(=C/c3cc(I)c(OCc4ccccc4)c(OC)c3)c(=O)n2[C@@H]1c1ccccc1OC. The molecule has 1 aromatic heterocycles. The quantitative estimate of drug-likeness (QED) is 0.208. The molecule has 44 heavy (non-hydrogen) atoms. The summed E-state index contributed by atoms with van der Waals surface area (Å²) >= 11 is 3.52. The Kier molecular flexibility index (Phi) is 9.90. The average Bonchev–Trinajstić information content (AvgIpc) is 3.34. The van der Waals surface area contributed by atoms with Crippen LogP contribution in [-0.4, -0.2) is 42.7 Å². The summed E-state index contributed by atoms with van der Waals surface area (Å²) in [6.07, 6.45) is 1.83. The Labute approximate surface area is 274 Å². The topological polar surface area (TPSA) is 82.4 Å². The van der Waals surface area contributed by atoms with Gasteiger partial charge in [0, 0.05) is 18.7 Å². The second-order valence-corrected chi connectivity index (χ2v) is 12.3. The van der Waals surface area contributed by atoms with Crippen molar-refractivity contribution in [2.24, 2.45) is 4.99 Å². The number of hydrogen-bond donors (Lipinski definition) is 0. The number of aromatic nitrogens is 1. The zero-order valence-corrected chi connectivity index (χ0v) is 28.3. The van der Waals surface area contributed by atoms with Crippen LogP contribution in [0.4, 0.5) is 0 Å². The lowest BCUT2D eigenvalue weighted by Gasteiger charge is -2.29. The molecule has 2 heterocycles. The highest BCUT2D eigenvalue weighted by Gasteiger charge is 2.35. The number of nitrogens with zero attached hydrogens (tertiary/aromatic N) is 3. The van der Waals surface area contributed by atoms with Crippen molar-refractivity contribution in [3.05, 3.63) is 118 Å². The van der Waals surface area contributed by atoms with Gasteiger partial charge < -0.3 is 19.1 Å². The summed E-state index contributed by atoms with van der Waals surface area (Å²) in [5.74, 6) is 1.66. The average molecular weight is 724 g/mol. The van der Waals surface area contributed by atoms with Gasteiger partial charge in [-0.15, -0.1) is 0 Å². The molecule has 1 atom stereocenters. The fourth-order valence-corrected chi connectivity index (χ4v) is 7.13. The molecule has 4 aromatic rings. The minimum Gasteiger partial charge on any atom is -0.496 e. The van der Waals surface area contributed by atoms with E-state index in [-0.39, 0.29) is 11.5 Å². The molecule has 0 aliphatic carbocycles. The number of allylic oxidation sites excluding steroid dienone is 1. The number of amides is 1. The van der Waals surface area contributed by atoms with E-state index < -0.39 is 6.04 Å². The van der Waals surface area contributed by atoms with Crippen LogP contribution in [0.25, 0.3) is 6.08 Å². The summed E-state index contributed by atoms with van der Waals surface area (Å²) in [5, 5.41) is 0. The molecule has 3 aromatic carbocycles. The first kappa shape index (κ1) is 31.5. The zero-order valence-electron chi connectivity index (χ0n) is 25.3. The van der Waals surface area contributed by atoms with Crippen molar-refractivity contribution in [1.29, 1.82) is 0 Å². The van der Waals surface area contributed by atoms with E-state index in [0.29, 0.717) is 57.5 Å². The minimum absolute atomic E-state index is 0.146. The van der Waals surface area contributed by atoms with Crippen LogP contribution in [0.5, 0.6) is 17.2 Å². The molecule has 0 N–H and O–H groups in total. The van der Waals surface area contributed by atoms with Crippen LogP contribution in [0, 0.1) is 3.57 Å². The monoisotopic (exact) mass is 723 g/mol. The van der Waals surface area contributed by atoms with Crippen LogP contribution in [-0.2, 0) is 11.4 Å². The first-order valence-corrected chi connectivity index (χ1v) is 16.2. The zero-order chi connectivity index (χ0) is 31.4. The predicted octanol–water partition coefficient (Wildman–Crippen LogP) is 5.30. The number of hydrogen-bond acceptors (Lipinski definition) is 7. The van der Waals surface area contributed by atoms with E-state index in [2.05, 4.69) is 22.6 Å². The fourth-order valence-electron chi connectivity index (χ4n) is 5.31. The molecule has 0 saturated carbocycles.